The van der Waals surface area contributed by atoms with E-state index in [4.69, 9.17) is 0 Å². The van der Waals surface area contributed by atoms with Crippen LogP contribution >= 0.6 is 0 Å². The van der Waals surface area contributed by atoms with Crippen molar-refractivity contribution in [1.29, 1.82) is 0 Å². The molecule has 0 spiro atoms. The largest absolute Gasteiger partial charge is 0.341 e. The molecule has 0 unspecified atom stereocenters. The number of nitrogens with one attached hydrogen (secondary N) is 1. The van der Waals surface area contributed by atoms with Crippen LogP contribution in [0.4, 0.5) is 5.69 Å². The van der Waals surface area contributed by atoms with E-state index in [1.165, 1.54) is 4.57 Å². The van der Waals surface area contributed by atoms with E-state index in [-0.39, 0.29) is 29.6 Å². The van der Waals surface area contributed by atoms with Crippen LogP contribution in [0.5, 0.6) is 0 Å². The monoisotopic (exact) mass is 325 g/mol. The molecule has 1 aliphatic heterocycles. The summed E-state index contributed by atoms with van der Waals surface area (Å²) in [6.45, 7) is 1.49. The van der Waals surface area contributed by atoms with Gasteiger partial charge in [0.15, 0.2) is 0 Å². The second-order valence-electron chi connectivity index (χ2n) is 5.76. The highest BCUT2D eigenvalue weighted by Gasteiger charge is 2.19. The van der Waals surface area contributed by atoms with Crippen LogP contribution in [-0.4, -0.2) is 34.4 Å². The number of pyridine rings is 1. The Bertz CT molecular complexity index is 793. The van der Waals surface area contributed by atoms with Crippen molar-refractivity contribution in [3.05, 3.63) is 64.6 Å². The second kappa shape index (κ2) is 7.12. The molecular formula is C18H19N3O3. The van der Waals surface area contributed by atoms with Crippen LogP contribution in [0.2, 0.25) is 0 Å². The van der Waals surface area contributed by atoms with E-state index < -0.39 is 0 Å². The molecule has 0 aliphatic carbocycles. The molecule has 6 heteroatoms. The van der Waals surface area contributed by atoms with Crippen molar-refractivity contribution >= 4 is 17.5 Å². The molecule has 1 saturated heterocycles. The van der Waals surface area contributed by atoms with Gasteiger partial charge in [-0.3, -0.25) is 14.4 Å². The minimum absolute atomic E-state index is 0.00607. The molecule has 124 valence electrons. The van der Waals surface area contributed by atoms with Crippen LogP contribution in [0.15, 0.2) is 53.5 Å². The minimum Gasteiger partial charge on any atom is -0.341 e. The predicted molar refractivity (Wildman–Crippen MR) is 90.9 cm³/mol. The zero-order valence-corrected chi connectivity index (χ0v) is 13.3. The quantitative estimate of drug-likeness (QED) is 0.930. The van der Waals surface area contributed by atoms with Gasteiger partial charge in [-0.25, -0.2) is 0 Å². The number of likely N-dealkylation sites (tertiary alicyclic amines) is 1. The van der Waals surface area contributed by atoms with Gasteiger partial charge in [0.2, 0.25) is 5.91 Å². The average Bonchev–Trinajstić information content (AvgIpc) is 3.14. The number of hydrogen-bond acceptors (Lipinski definition) is 3. The lowest BCUT2D eigenvalue weighted by molar-refractivity contribution is -0.130. The Labute approximate surface area is 139 Å². The Hall–Kier alpha value is -2.89. The average molecular weight is 325 g/mol. The first-order valence-corrected chi connectivity index (χ1v) is 7.99. The van der Waals surface area contributed by atoms with Gasteiger partial charge in [0.25, 0.3) is 11.5 Å². The molecule has 24 heavy (non-hydrogen) atoms. The lowest BCUT2D eigenvalue weighted by Gasteiger charge is -2.16. The third kappa shape index (κ3) is 3.53. The van der Waals surface area contributed by atoms with Crippen molar-refractivity contribution in [3.8, 4) is 0 Å². The molecule has 1 fully saturated rings. The Morgan fingerprint density at radius 1 is 1.00 bits per heavy atom. The number of nitrogens with zero attached hydrogens (tertiary/aromatic N) is 2. The molecule has 6 nitrogen and oxygen atoms in total. The summed E-state index contributed by atoms with van der Waals surface area (Å²) < 4.78 is 1.33. The summed E-state index contributed by atoms with van der Waals surface area (Å²) in [5, 5.41) is 2.61. The Morgan fingerprint density at radius 3 is 2.42 bits per heavy atom. The topological polar surface area (TPSA) is 71.4 Å². The highest BCUT2D eigenvalue weighted by atomic mass is 16.2. The van der Waals surface area contributed by atoms with E-state index in [0.29, 0.717) is 5.56 Å². The van der Waals surface area contributed by atoms with Gasteiger partial charge in [0.1, 0.15) is 12.2 Å². The number of carbonyl (C=O) groups excluding carboxylic acids is 2. The molecule has 2 heterocycles. The number of aromatic nitrogens is 1. The van der Waals surface area contributed by atoms with Gasteiger partial charge in [0.05, 0.1) is 0 Å². The van der Waals surface area contributed by atoms with Crippen LogP contribution in [0.3, 0.4) is 0 Å². The summed E-state index contributed by atoms with van der Waals surface area (Å²) >= 11 is 0. The lowest BCUT2D eigenvalue weighted by atomic mass is 10.2. The molecule has 3 rings (SSSR count). The van der Waals surface area contributed by atoms with Crippen LogP contribution in [0.1, 0.15) is 23.2 Å². The fraction of sp³-hybridized carbons (Fsp3) is 0.278. The van der Waals surface area contributed by atoms with E-state index in [1.54, 1.807) is 47.5 Å². The molecule has 0 saturated carbocycles. The third-order valence-corrected chi connectivity index (χ3v) is 4.07. The summed E-state index contributed by atoms with van der Waals surface area (Å²) in [5.41, 5.74) is 0.260. The maximum absolute atomic E-state index is 12.5. The van der Waals surface area contributed by atoms with Gasteiger partial charge >= 0.3 is 0 Å². The Kier molecular flexibility index (Phi) is 4.74. The molecular weight excluding hydrogens is 306 g/mol. The number of carbonyl (C=O) groups is 2. The van der Waals surface area contributed by atoms with Gasteiger partial charge < -0.3 is 14.8 Å². The fourth-order valence-electron chi connectivity index (χ4n) is 2.75. The molecule has 1 aromatic heterocycles. The smallest absolute Gasteiger partial charge is 0.274 e. The molecule has 1 aromatic carbocycles. The minimum atomic E-state index is -0.380. The van der Waals surface area contributed by atoms with E-state index >= 15 is 0 Å². The molecule has 1 aliphatic rings. The van der Waals surface area contributed by atoms with E-state index in [1.807, 2.05) is 6.07 Å². The summed E-state index contributed by atoms with van der Waals surface area (Å²) in [4.78, 5) is 38.6. The molecule has 2 aromatic rings. The molecule has 2 amide bonds. The van der Waals surface area contributed by atoms with E-state index in [2.05, 4.69) is 5.32 Å². The summed E-state index contributed by atoms with van der Waals surface area (Å²) in [6, 6.07) is 11.9. The Balaban J connectivity index is 1.74. The number of amides is 2. The molecule has 0 bridgehead atoms. The van der Waals surface area contributed by atoms with Crippen LogP contribution in [-0.2, 0) is 11.3 Å². The number of anilines is 1. The zero-order chi connectivity index (χ0) is 16.9. The highest BCUT2D eigenvalue weighted by molar-refractivity contribution is 6.04. The van der Waals surface area contributed by atoms with Crippen molar-refractivity contribution in [2.75, 3.05) is 18.4 Å². The second-order valence-corrected chi connectivity index (χ2v) is 5.76. The van der Waals surface area contributed by atoms with Gasteiger partial charge in [-0.1, -0.05) is 18.2 Å². The summed E-state index contributed by atoms with van der Waals surface area (Å²) in [6.07, 6.45) is 3.58. The first-order chi connectivity index (χ1) is 11.6. The summed E-state index contributed by atoms with van der Waals surface area (Å²) in [7, 11) is 0. The highest BCUT2D eigenvalue weighted by Crippen LogP contribution is 2.09. The van der Waals surface area contributed by atoms with Crippen LogP contribution in [0, 0.1) is 0 Å². The third-order valence-electron chi connectivity index (χ3n) is 4.07. The van der Waals surface area contributed by atoms with Crippen molar-refractivity contribution in [2.45, 2.75) is 19.4 Å². The van der Waals surface area contributed by atoms with E-state index in [9.17, 15) is 14.4 Å². The molecule has 0 radical (unpaired) electrons. The first-order valence-electron chi connectivity index (χ1n) is 7.99. The van der Waals surface area contributed by atoms with Gasteiger partial charge in [-0.15, -0.1) is 0 Å². The number of hydrogen-bond donors (Lipinski definition) is 1. The van der Waals surface area contributed by atoms with Gasteiger partial charge in [-0.05, 0) is 37.1 Å². The van der Waals surface area contributed by atoms with Gasteiger partial charge in [-0.2, -0.15) is 0 Å². The predicted octanol–water partition coefficient (Wildman–Crippen LogP) is 1.72. The van der Waals surface area contributed by atoms with Crippen LogP contribution < -0.4 is 10.9 Å². The van der Waals surface area contributed by atoms with Crippen molar-refractivity contribution in [3.63, 3.8) is 0 Å². The first kappa shape index (κ1) is 16.0. The number of rotatable bonds is 4. The fourth-order valence-corrected chi connectivity index (χ4v) is 2.75. The standard InChI is InChI=1S/C18H19N3O3/c22-16(20-10-4-5-11-20)13-21-12-6-9-15(18(21)24)19-17(23)14-7-2-1-3-8-14/h1-3,6-9,12H,4-5,10-11,13H2,(H,19,23). The van der Waals surface area contributed by atoms with Crippen molar-refractivity contribution < 1.29 is 9.59 Å². The van der Waals surface area contributed by atoms with E-state index in [0.717, 1.165) is 25.9 Å². The zero-order valence-electron chi connectivity index (χ0n) is 13.3. The molecule has 1 N–H and O–H groups in total. The normalized spacial score (nSPS) is 13.8. The van der Waals surface area contributed by atoms with Crippen LogP contribution in [0.25, 0.3) is 0 Å². The maximum Gasteiger partial charge on any atom is 0.274 e. The van der Waals surface area contributed by atoms with Crippen molar-refractivity contribution in [1.82, 2.24) is 9.47 Å². The Morgan fingerprint density at radius 2 is 1.71 bits per heavy atom. The van der Waals surface area contributed by atoms with Gasteiger partial charge in [0, 0.05) is 24.8 Å². The van der Waals surface area contributed by atoms with Crippen molar-refractivity contribution in [2.24, 2.45) is 0 Å². The molecule has 0 atom stereocenters. The SMILES string of the molecule is O=C(Nc1cccn(CC(=O)N2CCCC2)c1=O)c1ccccc1. The maximum atomic E-state index is 12.5. The lowest BCUT2D eigenvalue weighted by Crippen LogP contribution is -2.35. The number of benzene rings is 1. The summed E-state index contributed by atoms with van der Waals surface area (Å²) in [5.74, 6) is -0.419.